The topological polar surface area (TPSA) is 76.4 Å². The van der Waals surface area contributed by atoms with Gasteiger partial charge in [-0.2, -0.15) is 0 Å². The summed E-state index contributed by atoms with van der Waals surface area (Å²) in [5.74, 6) is 0.336. The molecule has 1 aromatic rings. The maximum absolute atomic E-state index is 10.9. The third-order valence-corrected chi connectivity index (χ3v) is 3.05. The molecule has 0 amide bonds. The molecule has 19 heavy (non-hydrogen) atoms. The van der Waals surface area contributed by atoms with Gasteiger partial charge in [0.15, 0.2) is 5.75 Å². The molecule has 6 heteroatoms. The van der Waals surface area contributed by atoms with E-state index in [1.54, 1.807) is 12.1 Å². The number of anilines is 1. The van der Waals surface area contributed by atoms with E-state index in [0.29, 0.717) is 18.4 Å². The van der Waals surface area contributed by atoms with E-state index in [9.17, 15) is 10.1 Å². The molecule has 1 aliphatic rings. The van der Waals surface area contributed by atoms with Crippen molar-refractivity contribution in [3.63, 3.8) is 0 Å². The van der Waals surface area contributed by atoms with Gasteiger partial charge in [0.05, 0.1) is 11.5 Å². The van der Waals surface area contributed by atoms with Gasteiger partial charge >= 0.3 is 5.69 Å². The fourth-order valence-corrected chi connectivity index (χ4v) is 2.10. The predicted octanol–water partition coefficient (Wildman–Crippen LogP) is 2.16. The fraction of sp³-hybridized carbons (Fsp3) is 0.538. The molecule has 104 valence electrons. The highest BCUT2D eigenvalue weighted by Gasteiger charge is 2.18. The molecule has 6 nitrogen and oxygen atoms in total. The van der Waals surface area contributed by atoms with Crippen molar-refractivity contribution in [1.29, 1.82) is 0 Å². The van der Waals surface area contributed by atoms with E-state index in [0.717, 1.165) is 31.6 Å². The summed E-state index contributed by atoms with van der Waals surface area (Å²) >= 11 is 0. The van der Waals surface area contributed by atoms with Gasteiger partial charge in [-0.15, -0.1) is 0 Å². The zero-order valence-electron chi connectivity index (χ0n) is 11.0. The molecule has 0 saturated carbocycles. The number of nitro benzene ring substituents is 1. The van der Waals surface area contributed by atoms with Crippen LogP contribution >= 0.6 is 0 Å². The van der Waals surface area contributed by atoms with Crippen molar-refractivity contribution >= 4 is 11.4 Å². The Morgan fingerprint density at radius 3 is 3.05 bits per heavy atom. The highest BCUT2D eigenvalue weighted by Crippen LogP contribution is 2.30. The summed E-state index contributed by atoms with van der Waals surface area (Å²) in [5.41, 5.74) is 0.883. The third kappa shape index (κ3) is 3.57. The largest absolute Gasteiger partial charge is 0.487 e. The minimum atomic E-state index is -0.411. The van der Waals surface area contributed by atoms with Crippen LogP contribution < -0.4 is 15.4 Å². The monoisotopic (exact) mass is 265 g/mol. The van der Waals surface area contributed by atoms with Crippen LogP contribution in [0.5, 0.6) is 5.75 Å². The van der Waals surface area contributed by atoms with Crippen LogP contribution in [0.1, 0.15) is 19.8 Å². The quantitative estimate of drug-likeness (QED) is 0.609. The van der Waals surface area contributed by atoms with Gasteiger partial charge in [-0.25, -0.2) is 0 Å². The van der Waals surface area contributed by atoms with E-state index in [4.69, 9.17) is 4.74 Å². The van der Waals surface area contributed by atoms with E-state index < -0.39 is 4.92 Å². The number of nitrogens with one attached hydrogen (secondary N) is 2. The SMILES string of the molecule is CCCOc1cc(NC2CCNC2)ccc1[N+](=O)[O-]. The van der Waals surface area contributed by atoms with Crippen LogP contribution in [-0.4, -0.2) is 30.7 Å². The van der Waals surface area contributed by atoms with Crippen molar-refractivity contribution < 1.29 is 9.66 Å². The molecule has 1 aromatic carbocycles. The lowest BCUT2D eigenvalue weighted by Crippen LogP contribution is -2.22. The van der Waals surface area contributed by atoms with Gasteiger partial charge in [-0.1, -0.05) is 6.92 Å². The van der Waals surface area contributed by atoms with Crippen LogP contribution in [0, 0.1) is 10.1 Å². The maximum Gasteiger partial charge on any atom is 0.311 e. The number of nitrogens with zero attached hydrogens (tertiary/aromatic N) is 1. The van der Waals surface area contributed by atoms with Crippen molar-refractivity contribution in [2.75, 3.05) is 25.0 Å². The summed E-state index contributed by atoms with van der Waals surface area (Å²) in [4.78, 5) is 10.5. The van der Waals surface area contributed by atoms with Crippen LogP contribution in [0.4, 0.5) is 11.4 Å². The lowest BCUT2D eigenvalue weighted by atomic mass is 10.2. The Morgan fingerprint density at radius 1 is 1.58 bits per heavy atom. The summed E-state index contributed by atoms with van der Waals surface area (Å²) in [6.45, 7) is 4.37. The standard InChI is InChI=1S/C13H19N3O3/c1-2-7-19-13-8-10(3-4-12(13)16(17)18)15-11-5-6-14-9-11/h3-4,8,11,14-15H,2,5-7,9H2,1H3. The molecule has 0 aliphatic carbocycles. The second-order valence-corrected chi connectivity index (χ2v) is 4.62. The molecule has 1 aliphatic heterocycles. The van der Waals surface area contributed by atoms with Crippen molar-refractivity contribution in [3.8, 4) is 5.75 Å². The molecule has 1 fully saturated rings. The first-order valence-corrected chi connectivity index (χ1v) is 6.59. The fourth-order valence-electron chi connectivity index (χ4n) is 2.10. The van der Waals surface area contributed by atoms with Gasteiger partial charge in [0.1, 0.15) is 0 Å². The van der Waals surface area contributed by atoms with E-state index in [2.05, 4.69) is 10.6 Å². The minimum absolute atomic E-state index is 0.0172. The second kappa shape index (κ2) is 6.38. The highest BCUT2D eigenvalue weighted by atomic mass is 16.6. The Kier molecular flexibility index (Phi) is 4.57. The number of rotatable bonds is 6. The normalized spacial score (nSPS) is 18.3. The summed E-state index contributed by atoms with van der Waals surface area (Å²) in [5, 5.41) is 17.6. The van der Waals surface area contributed by atoms with Crippen molar-refractivity contribution in [3.05, 3.63) is 28.3 Å². The van der Waals surface area contributed by atoms with Crippen molar-refractivity contribution in [1.82, 2.24) is 5.32 Å². The van der Waals surface area contributed by atoms with E-state index in [-0.39, 0.29) is 5.69 Å². The number of nitro groups is 1. The highest BCUT2D eigenvalue weighted by molar-refractivity contribution is 5.58. The maximum atomic E-state index is 10.9. The number of ether oxygens (including phenoxy) is 1. The average molecular weight is 265 g/mol. The Morgan fingerprint density at radius 2 is 2.42 bits per heavy atom. The van der Waals surface area contributed by atoms with E-state index in [1.807, 2.05) is 6.92 Å². The lowest BCUT2D eigenvalue weighted by Gasteiger charge is -2.14. The molecule has 0 spiro atoms. The Balaban J connectivity index is 2.13. The van der Waals surface area contributed by atoms with Crippen molar-refractivity contribution in [2.24, 2.45) is 0 Å². The molecule has 1 heterocycles. The molecule has 0 bridgehead atoms. The van der Waals surface area contributed by atoms with Crippen molar-refractivity contribution in [2.45, 2.75) is 25.8 Å². The van der Waals surface area contributed by atoms with Crippen LogP contribution in [-0.2, 0) is 0 Å². The smallest absolute Gasteiger partial charge is 0.311 e. The van der Waals surface area contributed by atoms with Gasteiger partial charge in [0.2, 0.25) is 0 Å². The first-order valence-electron chi connectivity index (χ1n) is 6.59. The Labute approximate surface area is 112 Å². The first-order chi connectivity index (χ1) is 9.20. The Bertz CT molecular complexity index is 445. The van der Waals surface area contributed by atoms with Gasteiger partial charge in [0, 0.05) is 30.4 Å². The average Bonchev–Trinajstić information content (AvgIpc) is 2.89. The van der Waals surface area contributed by atoms with Crippen LogP contribution in [0.3, 0.4) is 0 Å². The molecule has 1 atom stereocenters. The van der Waals surface area contributed by atoms with Crippen LogP contribution in [0.15, 0.2) is 18.2 Å². The molecule has 2 N–H and O–H groups in total. The number of hydrogen-bond donors (Lipinski definition) is 2. The predicted molar refractivity (Wildman–Crippen MR) is 73.8 cm³/mol. The molecular weight excluding hydrogens is 246 g/mol. The molecule has 2 rings (SSSR count). The first kappa shape index (κ1) is 13.6. The summed E-state index contributed by atoms with van der Waals surface area (Å²) < 4.78 is 5.46. The van der Waals surface area contributed by atoms with Gasteiger partial charge in [-0.05, 0) is 25.5 Å². The molecular formula is C13H19N3O3. The van der Waals surface area contributed by atoms with Gasteiger partial charge in [-0.3, -0.25) is 10.1 Å². The number of benzene rings is 1. The van der Waals surface area contributed by atoms with Gasteiger partial charge < -0.3 is 15.4 Å². The molecule has 1 unspecified atom stereocenters. The van der Waals surface area contributed by atoms with Gasteiger partial charge in [0.25, 0.3) is 0 Å². The third-order valence-electron chi connectivity index (χ3n) is 3.05. The van der Waals surface area contributed by atoms with E-state index in [1.165, 1.54) is 6.07 Å². The van der Waals surface area contributed by atoms with E-state index >= 15 is 0 Å². The van der Waals surface area contributed by atoms with Crippen LogP contribution in [0.25, 0.3) is 0 Å². The number of hydrogen-bond acceptors (Lipinski definition) is 5. The second-order valence-electron chi connectivity index (χ2n) is 4.62. The Hall–Kier alpha value is -1.82. The molecule has 0 radical (unpaired) electrons. The molecule has 0 aromatic heterocycles. The zero-order chi connectivity index (χ0) is 13.7. The summed E-state index contributed by atoms with van der Waals surface area (Å²) in [7, 11) is 0. The molecule has 1 saturated heterocycles. The lowest BCUT2D eigenvalue weighted by molar-refractivity contribution is -0.385. The minimum Gasteiger partial charge on any atom is -0.487 e. The van der Waals surface area contributed by atoms with Crippen LogP contribution in [0.2, 0.25) is 0 Å². The summed E-state index contributed by atoms with van der Waals surface area (Å²) in [6.07, 6.45) is 1.88. The zero-order valence-corrected chi connectivity index (χ0v) is 11.0. The summed E-state index contributed by atoms with van der Waals surface area (Å²) in [6, 6.07) is 5.32.